The minimum atomic E-state index is -1.08. The van der Waals surface area contributed by atoms with Crippen LogP contribution in [0.4, 0.5) is 9.18 Å². The molecule has 0 bridgehead atoms. The van der Waals surface area contributed by atoms with Gasteiger partial charge in [0.2, 0.25) is 0 Å². The van der Waals surface area contributed by atoms with Crippen LogP contribution in [0.2, 0.25) is 0 Å². The van der Waals surface area contributed by atoms with Gasteiger partial charge < -0.3 is 20.6 Å². The largest absolute Gasteiger partial charge is 0.386 e. The molecule has 0 saturated carbocycles. The molecule has 24 heavy (non-hydrogen) atoms. The number of benzene rings is 1. The van der Waals surface area contributed by atoms with Crippen molar-refractivity contribution in [1.29, 1.82) is 0 Å². The van der Waals surface area contributed by atoms with Crippen LogP contribution in [0.25, 0.3) is 0 Å². The Morgan fingerprint density at radius 2 is 1.92 bits per heavy atom. The van der Waals surface area contributed by atoms with Crippen LogP contribution in [0.1, 0.15) is 38.9 Å². The summed E-state index contributed by atoms with van der Waals surface area (Å²) in [6, 6.07) is 5.64. The van der Waals surface area contributed by atoms with E-state index < -0.39 is 11.9 Å². The third kappa shape index (κ3) is 6.84. The topological polar surface area (TPSA) is 64.6 Å². The molecule has 2 atom stereocenters. The van der Waals surface area contributed by atoms with Crippen LogP contribution in [0.5, 0.6) is 0 Å². The third-order valence-corrected chi connectivity index (χ3v) is 3.94. The second kappa shape index (κ2) is 8.99. The number of amides is 2. The van der Waals surface area contributed by atoms with Crippen LogP contribution in [0.15, 0.2) is 24.3 Å². The van der Waals surface area contributed by atoms with Crippen molar-refractivity contribution in [1.82, 2.24) is 15.5 Å². The number of rotatable bonds is 7. The van der Waals surface area contributed by atoms with Gasteiger partial charge in [-0.05, 0) is 38.5 Å². The van der Waals surface area contributed by atoms with Gasteiger partial charge in [-0.25, -0.2) is 9.18 Å². The van der Waals surface area contributed by atoms with Crippen molar-refractivity contribution in [2.75, 3.05) is 27.2 Å². The number of carbonyl (C=O) groups is 1. The average Bonchev–Trinajstić information content (AvgIpc) is 2.48. The Hall–Kier alpha value is -1.66. The van der Waals surface area contributed by atoms with Crippen LogP contribution in [0, 0.1) is 11.2 Å². The zero-order valence-electron chi connectivity index (χ0n) is 15.3. The van der Waals surface area contributed by atoms with Gasteiger partial charge in [0, 0.05) is 18.2 Å². The van der Waals surface area contributed by atoms with Crippen molar-refractivity contribution in [3.8, 4) is 0 Å². The maximum Gasteiger partial charge on any atom is 0.315 e. The van der Waals surface area contributed by atoms with Gasteiger partial charge in [0.25, 0.3) is 0 Å². The van der Waals surface area contributed by atoms with Gasteiger partial charge >= 0.3 is 6.03 Å². The van der Waals surface area contributed by atoms with Crippen LogP contribution >= 0.6 is 0 Å². The van der Waals surface area contributed by atoms with Crippen molar-refractivity contribution in [2.45, 2.75) is 39.3 Å². The highest BCUT2D eigenvalue weighted by Gasteiger charge is 2.26. The lowest BCUT2D eigenvalue weighted by atomic mass is 9.84. The van der Waals surface area contributed by atoms with Gasteiger partial charge in [-0.3, -0.25) is 0 Å². The molecule has 5 nitrogen and oxygen atoms in total. The summed E-state index contributed by atoms with van der Waals surface area (Å²) in [7, 11) is 3.98. The number of aliphatic hydroxyl groups is 1. The molecule has 0 radical (unpaired) electrons. The maximum absolute atomic E-state index is 13.6. The van der Waals surface area contributed by atoms with Gasteiger partial charge in [-0.15, -0.1) is 0 Å². The first-order valence-corrected chi connectivity index (χ1v) is 8.23. The molecule has 3 N–H and O–H groups in total. The van der Waals surface area contributed by atoms with Crippen molar-refractivity contribution in [3.05, 3.63) is 35.6 Å². The van der Waals surface area contributed by atoms with E-state index in [1.165, 1.54) is 12.1 Å². The summed E-state index contributed by atoms with van der Waals surface area (Å²) < 4.78 is 13.6. The zero-order chi connectivity index (χ0) is 18.3. The predicted octanol–water partition coefficient (Wildman–Crippen LogP) is 2.52. The number of halogens is 1. The van der Waals surface area contributed by atoms with Crippen molar-refractivity contribution in [3.63, 3.8) is 0 Å². The highest BCUT2D eigenvalue weighted by Crippen LogP contribution is 2.22. The molecule has 0 aromatic heterocycles. The Kier molecular flexibility index (Phi) is 7.63. The summed E-state index contributed by atoms with van der Waals surface area (Å²) in [4.78, 5) is 14.2. The number of hydrogen-bond acceptors (Lipinski definition) is 3. The fourth-order valence-electron chi connectivity index (χ4n) is 2.36. The summed E-state index contributed by atoms with van der Waals surface area (Å²) in [5.74, 6) is -0.481. The minimum Gasteiger partial charge on any atom is -0.386 e. The van der Waals surface area contributed by atoms with E-state index in [2.05, 4.69) is 36.3 Å². The Bertz CT molecular complexity index is 529. The van der Waals surface area contributed by atoms with Crippen LogP contribution in [-0.2, 0) is 0 Å². The molecule has 1 aromatic rings. The second-order valence-electron chi connectivity index (χ2n) is 7.40. The number of aliphatic hydroxyl groups excluding tert-OH is 1. The molecular weight excluding hydrogens is 309 g/mol. The van der Waals surface area contributed by atoms with Crippen molar-refractivity contribution >= 4 is 6.03 Å². The van der Waals surface area contributed by atoms with Gasteiger partial charge in [-0.1, -0.05) is 39.0 Å². The molecule has 0 aliphatic rings. The number of urea groups is 1. The molecule has 1 rings (SSSR count). The molecule has 1 aromatic carbocycles. The Morgan fingerprint density at radius 1 is 1.29 bits per heavy atom. The Labute approximate surface area is 144 Å². The van der Waals surface area contributed by atoms with E-state index in [1.54, 1.807) is 12.1 Å². The molecule has 0 spiro atoms. The smallest absolute Gasteiger partial charge is 0.315 e. The zero-order valence-corrected chi connectivity index (χ0v) is 15.3. The summed E-state index contributed by atoms with van der Waals surface area (Å²) >= 11 is 0. The number of hydrogen-bond donors (Lipinski definition) is 3. The molecule has 2 unspecified atom stereocenters. The minimum absolute atomic E-state index is 0.00879. The average molecular weight is 339 g/mol. The second-order valence-corrected chi connectivity index (χ2v) is 7.40. The van der Waals surface area contributed by atoms with E-state index in [-0.39, 0.29) is 29.6 Å². The maximum atomic E-state index is 13.6. The van der Waals surface area contributed by atoms with E-state index in [0.717, 1.165) is 13.0 Å². The highest BCUT2D eigenvalue weighted by molar-refractivity contribution is 5.74. The molecular formula is C18H30FN3O2. The van der Waals surface area contributed by atoms with Crippen LogP contribution in [0.3, 0.4) is 0 Å². The Balaban J connectivity index is 2.55. The predicted molar refractivity (Wildman–Crippen MR) is 94.3 cm³/mol. The summed E-state index contributed by atoms with van der Waals surface area (Å²) in [5, 5.41) is 15.6. The van der Waals surface area contributed by atoms with Gasteiger partial charge in [0.1, 0.15) is 5.82 Å². The lowest BCUT2D eigenvalue weighted by molar-refractivity contribution is 0.165. The number of nitrogens with one attached hydrogen (secondary N) is 2. The molecule has 6 heteroatoms. The van der Waals surface area contributed by atoms with Crippen LogP contribution < -0.4 is 10.6 Å². The molecule has 0 fully saturated rings. The van der Waals surface area contributed by atoms with Crippen molar-refractivity contribution in [2.24, 2.45) is 5.41 Å². The lowest BCUT2D eigenvalue weighted by Crippen LogP contribution is -2.49. The first-order chi connectivity index (χ1) is 11.1. The lowest BCUT2D eigenvalue weighted by Gasteiger charge is -2.32. The normalized spacial score (nSPS) is 14.3. The van der Waals surface area contributed by atoms with Gasteiger partial charge in [-0.2, -0.15) is 0 Å². The number of carbonyl (C=O) groups excluding carboxylic acids is 1. The third-order valence-electron chi connectivity index (χ3n) is 3.94. The van der Waals surface area contributed by atoms with Crippen LogP contribution in [-0.4, -0.2) is 49.3 Å². The molecule has 0 aliphatic heterocycles. The molecule has 0 heterocycles. The number of nitrogens with zero attached hydrogens (tertiary/aromatic N) is 1. The van der Waals surface area contributed by atoms with E-state index in [4.69, 9.17) is 0 Å². The molecule has 2 amide bonds. The van der Waals surface area contributed by atoms with E-state index >= 15 is 0 Å². The first-order valence-electron chi connectivity index (χ1n) is 8.23. The van der Waals surface area contributed by atoms with Gasteiger partial charge in [0.05, 0.1) is 6.10 Å². The van der Waals surface area contributed by atoms with Gasteiger partial charge in [0.15, 0.2) is 0 Å². The molecule has 0 saturated heterocycles. The SMILES string of the molecule is CN(C)CCC(NC(=O)NCC(O)c1ccccc1F)C(C)(C)C. The quantitative estimate of drug-likeness (QED) is 0.715. The van der Waals surface area contributed by atoms with E-state index in [1.807, 2.05) is 14.1 Å². The molecule has 136 valence electrons. The fourth-order valence-corrected chi connectivity index (χ4v) is 2.36. The fraction of sp³-hybridized carbons (Fsp3) is 0.611. The highest BCUT2D eigenvalue weighted by atomic mass is 19.1. The summed E-state index contributed by atoms with van der Waals surface area (Å²) in [6.45, 7) is 7.03. The first kappa shape index (κ1) is 20.4. The summed E-state index contributed by atoms with van der Waals surface area (Å²) in [5.41, 5.74) is 0.0927. The molecule has 0 aliphatic carbocycles. The summed E-state index contributed by atoms with van der Waals surface area (Å²) in [6.07, 6.45) is -0.258. The standard InChI is InChI=1S/C18H30FN3O2/c1-18(2,3)16(10-11-22(4)5)21-17(24)20-12-15(23)13-8-6-7-9-14(13)19/h6-9,15-16,23H,10-12H2,1-5H3,(H2,20,21,24). The van der Waals surface area contributed by atoms with Crippen molar-refractivity contribution < 1.29 is 14.3 Å². The van der Waals surface area contributed by atoms with E-state index in [0.29, 0.717) is 0 Å². The van der Waals surface area contributed by atoms with E-state index in [9.17, 15) is 14.3 Å². The monoisotopic (exact) mass is 339 g/mol. The Morgan fingerprint density at radius 3 is 2.46 bits per heavy atom.